The third-order valence-electron chi connectivity index (χ3n) is 3.91. The Balaban J connectivity index is 2.07. The molecule has 0 amide bonds. The number of nitrogens with zero attached hydrogens (tertiary/aromatic N) is 3. The summed E-state index contributed by atoms with van der Waals surface area (Å²) in [5.74, 6) is 1.41. The molecule has 0 aliphatic heterocycles. The average molecular weight is 400 g/mol. The third-order valence-corrected chi connectivity index (χ3v) is 4.99. The van der Waals surface area contributed by atoms with Crippen LogP contribution in [0.4, 0.5) is 0 Å². The van der Waals surface area contributed by atoms with Crippen LogP contribution in [0, 0.1) is 20.8 Å². The van der Waals surface area contributed by atoms with Gasteiger partial charge in [-0.15, -0.1) is 0 Å². The van der Waals surface area contributed by atoms with Gasteiger partial charge in [0.2, 0.25) is 5.88 Å². The molecule has 3 rings (SSSR count). The van der Waals surface area contributed by atoms with Crippen LogP contribution in [0.25, 0.3) is 11.3 Å². The number of benzene rings is 1. The lowest BCUT2D eigenvalue weighted by Gasteiger charge is -2.17. The Kier molecular flexibility index (Phi) is 6.05. The van der Waals surface area contributed by atoms with Crippen molar-refractivity contribution in [3.05, 3.63) is 64.4 Å². The summed E-state index contributed by atoms with van der Waals surface area (Å²) in [6, 6.07) is 10.1. The van der Waals surface area contributed by atoms with E-state index >= 15 is 0 Å². The topological polar surface area (TPSA) is 38.3 Å². The first-order valence-corrected chi connectivity index (χ1v) is 9.71. The third kappa shape index (κ3) is 4.80. The number of aromatic nitrogens is 2. The fourth-order valence-electron chi connectivity index (χ4n) is 2.90. The van der Waals surface area contributed by atoms with E-state index in [2.05, 4.69) is 37.9 Å². The van der Waals surface area contributed by atoms with Crippen LogP contribution >= 0.6 is 23.5 Å². The van der Waals surface area contributed by atoms with E-state index in [4.69, 9.17) is 21.3 Å². The molecule has 0 unspecified atom stereocenters. The van der Waals surface area contributed by atoms with E-state index in [1.54, 1.807) is 24.3 Å². The Labute approximate surface area is 169 Å². The first kappa shape index (κ1) is 19.7. The molecule has 0 bridgehead atoms. The van der Waals surface area contributed by atoms with Crippen LogP contribution in [0.5, 0.6) is 11.6 Å². The SMILES string of the molecule is Cc1cc(C)c(Oc2nc(-c3cncc(Cl)c3)ccc2SN(C)C)c(C)c1. The Bertz CT molecular complexity index is 952. The van der Waals surface area contributed by atoms with E-state index in [-0.39, 0.29) is 0 Å². The molecule has 3 aromatic rings. The van der Waals surface area contributed by atoms with Crippen LogP contribution < -0.4 is 4.74 Å². The lowest BCUT2D eigenvalue weighted by molar-refractivity contribution is 0.443. The average Bonchev–Trinajstić information content (AvgIpc) is 2.58. The predicted octanol–water partition coefficient (Wildman–Crippen LogP) is 6.08. The van der Waals surface area contributed by atoms with Crippen molar-refractivity contribution in [1.29, 1.82) is 0 Å². The molecule has 4 nitrogen and oxygen atoms in total. The number of halogens is 1. The fraction of sp³-hybridized carbons (Fsp3) is 0.238. The molecule has 0 spiro atoms. The van der Waals surface area contributed by atoms with Crippen molar-refractivity contribution in [2.45, 2.75) is 25.7 Å². The summed E-state index contributed by atoms with van der Waals surface area (Å²) in [6.45, 7) is 6.19. The van der Waals surface area contributed by atoms with Crippen molar-refractivity contribution >= 4 is 23.5 Å². The van der Waals surface area contributed by atoms with Gasteiger partial charge >= 0.3 is 0 Å². The van der Waals surface area contributed by atoms with Crippen LogP contribution in [0.3, 0.4) is 0 Å². The predicted molar refractivity (Wildman–Crippen MR) is 113 cm³/mol. The molecule has 0 N–H and O–H groups in total. The van der Waals surface area contributed by atoms with Gasteiger partial charge in [0.05, 0.1) is 15.6 Å². The second-order valence-electron chi connectivity index (χ2n) is 6.63. The van der Waals surface area contributed by atoms with Crippen LogP contribution in [0.15, 0.2) is 47.6 Å². The number of rotatable bonds is 5. The van der Waals surface area contributed by atoms with Crippen molar-refractivity contribution in [1.82, 2.24) is 14.3 Å². The summed E-state index contributed by atoms with van der Waals surface area (Å²) in [6.07, 6.45) is 3.36. The molecule has 2 heterocycles. The normalized spacial score (nSPS) is 11.1. The second-order valence-corrected chi connectivity index (χ2v) is 8.41. The number of hydrogen-bond donors (Lipinski definition) is 0. The molecule has 2 aromatic heterocycles. The Morgan fingerprint density at radius 2 is 1.70 bits per heavy atom. The molecular formula is C21H22ClN3OS. The summed E-state index contributed by atoms with van der Waals surface area (Å²) in [5.41, 5.74) is 5.01. The van der Waals surface area contributed by atoms with Gasteiger partial charge in [0.15, 0.2) is 0 Å². The highest BCUT2D eigenvalue weighted by Gasteiger charge is 2.15. The monoisotopic (exact) mass is 399 g/mol. The molecule has 140 valence electrons. The molecule has 27 heavy (non-hydrogen) atoms. The largest absolute Gasteiger partial charge is 0.437 e. The lowest BCUT2D eigenvalue weighted by atomic mass is 10.1. The summed E-state index contributed by atoms with van der Waals surface area (Å²) < 4.78 is 8.32. The molecule has 0 aliphatic carbocycles. The molecule has 0 radical (unpaired) electrons. The van der Waals surface area contributed by atoms with E-state index in [1.807, 2.05) is 36.6 Å². The zero-order chi connectivity index (χ0) is 19.6. The minimum Gasteiger partial charge on any atom is -0.437 e. The highest BCUT2D eigenvalue weighted by molar-refractivity contribution is 7.97. The molecular weight excluding hydrogens is 378 g/mol. The fourth-order valence-corrected chi connectivity index (χ4v) is 3.77. The standard InChI is InChI=1S/C21H22ClN3OS/c1-13-8-14(2)20(15(3)9-13)26-21-19(27-25(4)5)7-6-18(24-21)16-10-17(22)12-23-11-16/h6-12H,1-5H3. The number of pyridine rings is 2. The number of ether oxygens (including phenoxy) is 1. The smallest absolute Gasteiger partial charge is 0.234 e. The van der Waals surface area contributed by atoms with E-state index in [9.17, 15) is 0 Å². The highest BCUT2D eigenvalue weighted by Crippen LogP contribution is 2.37. The minimum atomic E-state index is 0.571. The summed E-state index contributed by atoms with van der Waals surface area (Å²) in [5, 5.41) is 0.578. The zero-order valence-electron chi connectivity index (χ0n) is 16.1. The van der Waals surface area contributed by atoms with Crippen molar-refractivity contribution in [3.8, 4) is 22.9 Å². The Hall–Kier alpha value is -2.08. The Morgan fingerprint density at radius 3 is 2.33 bits per heavy atom. The van der Waals surface area contributed by atoms with Gasteiger partial charge < -0.3 is 4.74 Å². The molecule has 0 saturated heterocycles. The summed E-state index contributed by atoms with van der Waals surface area (Å²) in [7, 11) is 3.98. The van der Waals surface area contributed by atoms with Crippen molar-refractivity contribution in [2.24, 2.45) is 0 Å². The van der Waals surface area contributed by atoms with Crippen molar-refractivity contribution in [3.63, 3.8) is 0 Å². The van der Waals surface area contributed by atoms with Gasteiger partial charge in [-0.05, 0) is 76.1 Å². The molecule has 0 saturated carbocycles. The van der Waals surface area contributed by atoms with E-state index in [0.717, 1.165) is 33.0 Å². The lowest BCUT2D eigenvalue weighted by Crippen LogP contribution is -2.02. The molecule has 0 atom stereocenters. The van der Waals surface area contributed by atoms with Crippen molar-refractivity contribution in [2.75, 3.05) is 14.1 Å². The van der Waals surface area contributed by atoms with Gasteiger partial charge in [-0.2, -0.15) is 0 Å². The zero-order valence-corrected chi connectivity index (χ0v) is 17.6. The van der Waals surface area contributed by atoms with Gasteiger partial charge in [-0.3, -0.25) is 9.29 Å². The highest BCUT2D eigenvalue weighted by atomic mass is 35.5. The maximum absolute atomic E-state index is 6.31. The van der Waals surface area contributed by atoms with Gasteiger partial charge in [0.1, 0.15) is 5.75 Å². The molecule has 0 aliphatic rings. The van der Waals surface area contributed by atoms with Crippen molar-refractivity contribution < 1.29 is 4.74 Å². The van der Waals surface area contributed by atoms with Gasteiger partial charge in [0, 0.05) is 18.0 Å². The quantitative estimate of drug-likeness (QED) is 0.486. The second kappa shape index (κ2) is 8.30. The van der Waals surface area contributed by atoms with Gasteiger partial charge in [0.25, 0.3) is 0 Å². The summed E-state index contributed by atoms with van der Waals surface area (Å²) >= 11 is 7.66. The van der Waals surface area contributed by atoms with Gasteiger partial charge in [-0.1, -0.05) is 29.3 Å². The van der Waals surface area contributed by atoms with Crippen LogP contribution in [-0.2, 0) is 0 Å². The maximum Gasteiger partial charge on any atom is 0.234 e. The van der Waals surface area contributed by atoms with E-state index in [1.165, 1.54) is 5.56 Å². The van der Waals surface area contributed by atoms with E-state index in [0.29, 0.717) is 10.9 Å². The number of aryl methyl sites for hydroxylation is 3. The van der Waals surface area contributed by atoms with Crippen LogP contribution in [0.1, 0.15) is 16.7 Å². The van der Waals surface area contributed by atoms with Crippen LogP contribution in [-0.4, -0.2) is 28.4 Å². The van der Waals surface area contributed by atoms with E-state index < -0.39 is 0 Å². The number of hydrogen-bond acceptors (Lipinski definition) is 5. The first-order valence-electron chi connectivity index (χ1n) is 8.56. The van der Waals surface area contributed by atoms with Crippen LogP contribution in [0.2, 0.25) is 5.02 Å². The molecule has 0 fully saturated rings. The molecule has 1 aromatic carbocycles. The molecule has 6 heteroatoms. The summed E-state index contributed by atoms with van der Waals surface area (Å²) in [4.78, 5) is 9.87. The maximum atomic E-state index is 6.31. The minimum absolute atomic E-state index is 0.571. The Morgan fingerprint density at radius 1 is 1.00 bits per heavy atom. The van der Waals surface area contributed by atoms with Gasteiger partial charge in [-0.25, -0.2) is 4.98 Å². The first-order chi connectivity index (χ1) is 12.8.